The van der Waals surface area contributed by atoms with E-state index in [2.05, 4.69) is 123 Å². The topological polar surface area (TPSA) is 38.9 Å². The molecule has 1 aliphatic rings. The number of benzene rings is 6. The fraction of sp³-hybridized carbons (Fsp3) is 0.0698. The molecule has 1 aliphatic carbocycles. The van der Waals surface area contributed by atoms with Crippen molar-refractivity contribution in [3.63, 3.8) is 0 Å². The first-order valence-electron chi connectivity index (χ1n) is 15.7. The van der Waals surface area contributed by atoms with Crippen LogP contribution in [0.3, 0.4) is 0 Å². The van der Waals surface area contributed by atoms with Crippen molar-refractivity contribution < 1.29 is 4.42 Å². The highest BCUT2D eigenvalue weighted by Crippen LogP contribution is 2.49. The van der Waals surface area contributed by atoms with Crippen molar-refractivity contribution in [3.05, 3.63) is 157 Å². The molecule has 6 aromatic carbocycles. The van der Waals surface area contributed by atoms with Gasteiger partial charge in [0.2, 0.25) is 0 Å². The summed E-state index contributed by atoms with van der Waals surface area (Å²) in [6, 6.07) is 51.2. The summed E-state index contributed by atoms with van der Waals surface area (Å²) in [5.41, 5.74) is 14.3. The molecule has 2 aromatic heterocycles. The van der Waals surface area contributed by atoms with Gasteiger partial charge in [-0.25, -0.2) is 9.97 Å². The zero-order valence-corrected chi connectivity index (χ0v) is 25.7. The normalized spacial score (nSPS) is 13.2. The number of nitrogens with zero attached hydrogens (tertiary/aromatic N) is 2. The highest BCUT2D eigenvalue weighted by Gasteiger charge is 2.35. The minimum absolute atomic E-state index is 0.0293. The van der Waals surface area contributed by atoms with E-state index in [1.807, 2.05) is 36.4 Å². The molecule has 3 nitrogen and oxygen atoms in total. The van der Waals surface area contributed by atoms with E-state index in [9.17, 15) is 0 Å². The van der Waals surface area contributed by atoms with E-state index in [-0.39, 0.29) is 5.41 Å². The van der Waals surface area contributed by atoms with Crippen LogP contribution in [-0.2, 0) is 5.41 Å². The Labute approximate surface area is 267 Å². The molecule has 0 aliphatic heterocycles. The van der Waals surface area contributed by atoms with Crippen molar-refractivity contribution in [2.75, 3.05) is 0 Å². The number of aromatic nitrogens is 2. The maximum Gasteiger partial charge on any atom is 0.160 e. The van der Waals surface area contributed by atoms with Gasteiger partial charge in [-0.3, -0.25) is 0 Å². The van der Waals surface area contributed by atoms with Crippen LogP contribution in [0.25, 0.3) is 78.1 Å². The van der Waals surface area contributed by atoms with Crippen LogP contribution in [0.4, 0.5) is 0 Å². The second kappa shape index (κ2) is 10.1. The van der Waals surface area contributed by atoms with E-state index in [1.165, 1.54) is 33.4 Å². The smallest absolute Gasteiger partial charge is 0.160 e. The average Bonchev–Trinajstić information content (AvgIpc) is 3.60. The van der Waals surface area contributed by atoms with Crippen LogP contribution in [0.15, 0.2) is 150 Å². The van der Waals surface area contributed by atoms with Gasteiger partial charge in [-0.05, 0) is 63.7 Å². The molecule has 218 valence electrons. The second-order valence-corrected chi connectivity index (χ2v) is 12.6. The Morgan fingerprint density at radius 3 is 1.87 bits per heavy atom. The molecule has 0 fully saturated rings. The largest absolute Gasteiger partial charge is 0.456 e. The van der Waals surface area contributed by atoms with Gasteiger partial charge in [-0.2, -0.15) is 0 Å². The Morgan fingerprint density at radius 2 is 1.04 bits per heavy atom. The van der Waals surface area contributed by atoms with Gasteiger partial charge < -0.3 is 4.42 Å². The van der Waals surface area contributed by atoms with Crippen LogP contribution < -0.4 is 0 Å². The minimum Gasteiger partial charge on any atom is -0.456 e. The Bertz CT molecular complexity index is 2440. The van der Waals surface area contributed by atoms with Crippen molar-refractivity contribution in [2.24, 2.45) is 0 Å². The van der Waals surface area contributed by atoms with Gasteiger partial charge >= 0.3 is 0 Å². The third-order valence-electron chi connectivity index (χ3n) is 9.53. The van der Waals surface area contributed by atoms with Crippen LogP contribution in [0, 0.1) is 0 Å². The van der Waals surface area contributed by atoms with E-state index in [1.54, 1.807) is 0 Å². The lowest BCUT2D eigenvalue weighted by Gasteiger charge is -2.22. The van der Waals surface area contributed by atoms with Crippen LogP contribution in [-0.4, -0.2) is 9.97 Å². The summed E-state index contributed by atoms with van der Waals surface area (Å²) < 4.78 is 6.20. The van der Waals surface area contributed by atoms with Crippen molar-refractivity contribution in [1.82, 2.24) is 9.97 Å². The first-order chi connectivity index (χ1) is 22.5. The summed E-state index contributed by atoms with van der Waals surface area (Å²) in [6.45, 7) is 4.65. The Morgan fingerprint density at radius 1 is 0.435 bits per heavy atom. The lowest BCUT2D eigenvalue weighted by atomic mass is 9.81. The predicted octanol–water partition coefficient (Wildman–Crippen LogP) is 11.4. The summed E-state index contributed by atoms with van der Waals surface area (Å²) in [5.74, 6) is 0.670. The van der Waals surface area contributed by atoms with Crippen molar-refractivity contribution in [2.45, 2.75) is 19.3 Å². The van der Waals surface area contributed by atoms with Crippen molar-refractivity contribution in [1.29, 1.82) is 0 Å². The summed E-state index contributed by atoms with van der Waals surface area (Å²) in [6.07, 6.45) is 0. The molecule has 0 radical (unpaired) electrons. The molecule has 0 saturated heterocycles. The molecule has 2 heterocycles. The first-order valence-corrected chi connectivity index (χ1v) is 15.7. The zero-order chi connectivity index (χ0) is 30.8. The number of rotatable bonds is 4. The van der Waals surface area contributed by atoms with Crippen LogP contribution in [0.1, 0.15) is 25.0 Å². The zero-order valence-electron chi connectivity index (χ0n) is 25.7. The van der Waals surface area contributed by atoms with E-state index in [4.69, 9.17) is 14.4 Å². The van der Waals surface area contributed by atoms with Gasteiger partial charge in [0.25, 0.3) is 0 Å². The second-order valence-electron chi connectivity index (χ2n) is 12.6. The number of fused-ring (bicyclic) bond motifs is 6. The van der Waals surface area contributed by atoms with Crippen LogP contribution in [0.5, 0.6) is 0 Å². The summed E-state index contributed by atoms with van der Waals surface area (Å²) >= 11 is 0. The third kappa shape index (κ3) is 4.20. The molecule has 0 unspecified atom stereocenters. The third-order valence-corrected chi connectivity index (χ3v) is 9.53. The molecule has 8 aromatic rings. The standard InChI is InChI=1S/C43H30N2O/c1-43(2)36-14-8-6-12-32(36)33-22-20-30(24-37(33)43)27-16-18-29(19-17-27)39-26-38(28-10-4-3-5-11-28)44-42(45-39)31-21-23-35-34-13-7-9-15-40(34)46-41(35)25-31/h3-26H,1-2H3. The van der Waals surface area contributed by atoms with E-state index < -0.39 is 0 Å². The molecule has 9 rings (SSSR count). The lowest BCUT2D eigenvalue weighted by Crippen LogP contribution is -2.14. The predicted molar refractivity (Wildman–Crippen MR) is 189 cm³/mol. The van der Waals surface area contributed by atoms with Crippen molar-refractivity contribution >= 4 is 21.9 Å². The summed E-state index contributed by atoms with van der Waals surface area (Å²) in [7, 11) is 0. The fourth-order valence-electron chi connectivity index (χ4n) is 7.06. The molecule has 0 amide bonds. The molecular formula is C43H30N2O. The molecule has 0 bridgehead atoms. The molecule has 0 spiro atoms. The van der Waals surface area contributed by atoms with Gasteiger partial charge in [-0.15, -0.1) is 0 Å². The quantitative estimate of drug-likeness (QED) is 0.205. The number of para-hydroxylation sites is 1. The van der Waals surface area contributed by atoms with Crippen LogP contribution in [0.2, 0.25) is 0 Å². The molecule has 0 atom stereocenters. The molecule has 0 N–H and O–H groups in total. The van der Waals surface area contributed by atoms with E-state index in [0.717, 1.165) is 50.0 Å². The number of hydrogen-bond acceptors (Lipinski definition) is 3. The summed E-state index contributed by atoms with van der Waals surface area (Å²) in [4.78, 5) is 10.1. The van der Waals surface area contributed by atoms with Gasteiger partial charge in [0.05, 0.1) is 11.4 Å². The molecular weight excluding hydrogens is 560 g/mol. The molecule has 0 saturated carbocycles. The van der Waals surface area contributed by atoms with Crippen molar-refractivity contribution in [3.8, 4) is 56.2 Å². The maximum atomic E-state index is 6.20. The Kier molecular flexibility index (Phi) is 5.85. The van der Waals surface area contributed by atoms with Gasteiger partial charge in [0, 0.05) is 32.9 Å². The van der Waals surface area contributed by atoms with Gasteiger partial charge in [-0.1, -0.05) is 129 Å². The summed E-state index contributed by atoms with van der Waals surface area (Å²) in [5, 5.41) is 2.20. The molecule has 46 heavy (non-hydrogen) atoms. The monoisotopic (exact) mass is 590 g/mol. The highest BCUT2D eigenvalue weighted by atomic mass is 16.3. The Balaban J connectivity index is 1.12. The lowest BCUT2D eigenvalue weighted by molar-refractivity contribution is 0.660. The van der Waals surface area contributed by atoms with Crippen LogP contribution >= 0.6 is 0 Å². The maximum absolute atomic E-state index is 6.20. The number of furan rings is 1. The molecule has 3 heteroatoms. The minimum atomic E-state index is -0.0293. The first kappa shape index (κ1) is 26.6. The van der Waals surface area contributed by atoms with Gasteiger partial charge in [0.15, 0.2) is 5.82 Å². The average molecular weight is 591 g/mol. The number of hydrogen-bond donors (Lipinski definition) is 0. The highest BCUT2D eigenvalue weighted by molar-refractivity contribution is 6.05. The Hall–Kier alpha value is -5.80. The van der Waals surface area contributed by atoms with Gasteiger partial charge in [0.1, 0.15) is 11.2 Å². The van der Waals surface area contributed by atoms with E-state index >= 15 is 0 Å². The van der Waals surface area contributed by atoms with E-state index in [0.29, 0.717) is 5.82 Å². The SMILES string of the molecule is CC1(C)c2ccccc2-c2ccc(-c3ccc(-c4cc(-c5ccccc5)nc(-c5ccc6c(c5)oc5ccccc56)n4)cc3)cc21. The fourth-order valence-corrected chi connectivity index (χ4v) is 7.06.